The summed E-state index contributed by atoms with van der Waals surface area (Å²) in [5.41, 5.74) is 6.19. The van der Waals surface area contributed by atoms with Crippen LogP contribution in [0, 0.1) is 10.8 Å². The number of hydrogen-bond donors (Lipinski definition) is 0. The molecule has 0 saturated carbocycles. The summed E-state index contributed by atoms with van der Waals surface area (Å²) in [6.45, 7) is 25.2. The van der Waals surface area contributed by atoms with E-state index in [1.165, 1.54) is 0 Å². The Morgan fingerprint density at radius 3 is 1.32 bits per heavy atom. The van der Waals surface area contributed by atoms with Gasteiger partial charge in [-0.05, 0) is 68.2 Å². The lowest BCUT2D eigenvalue weighted by atomic mass is 9.70. The number of hydrogen-bond acceptors (Lipinski definition) is 1. The van der Waals surface area contributed by atoms with Gasteiger partial charge in [0, 0.05) is 22.3 Å². The normalized spacial score (nSPS) is 15.5. The van der Waals surface area contributed by atoms with Crippen molar-refractivity contribution in [2.45, 2.75) is 93.9 Å². The van der Waals surface area contributed by atoms with Crippen molar-refractivity contribution in [1.29, 1.82) is 0 Å². The van der Waals surface area contributed by atoms with Gasteiger partial charge in [0.05, 0.1) is 0 Å². The van der Waals surface area contributed by atoms with Crippen LogP contribution >= 0.6 is 0 Å². The number of rotatable bonds is 2. The Morgan fingerprint density at radius 2 is 0.973 bits per heavy atom. The summed E-state index contributed by atoms with van der Waals surface area (Å²) in [5.74, 6) is 0.244. The van der Waals surface area contributed by atoms with E-state index in [2.05, 4.69) is 120 Å². The second-order valence-corrected chi connectivity index (χ2v) is 14.5. The van der Waals surface area contributed by atoms with Crippen molar-refractivity contribution < 1.29 is 9.90 Å². The quantitative estimate of drug-likeness (QED) is 0.407. The van der Waals surface area contributed by atoms with Crippen LogP contribution in [0.4, 0.5) is 0 Å². The molecule has 0 amide bonds. The summed E-state index contributed by atoms with van der Waals surface area (Å²) >= 11 is 0. The molecule has 0 heterocycles. The molecule has 0 atom stereocenters. The molecule has 0 saturated heterocycles. The first-order valence-corrected chi connectivity index (χ1v) is 13.4. The lowest BCUT2D eigenvalue weighted by molar-refractivity contribution is -0.114. The largest absolute Gasteiger partial charge is 0.289 e. The van der Waals surface area contributed by atoms with Gasteiger partial charge in [0.25, 0.3) is 0 Å². The first kappa shape index (κ1) is 28.7. The monoisotopic (exact) mass is 497 g/mol. The minimum absolute atomic E-state index is 0.122. The molecule has 0 aromatic heterocycles. The second-order valence-electron chi connectivity index (χ2n) is 14.5. The minimum Gasteiger partial charge on any atom is -0.289 e. The van der Waals surface area contributed by atoms with Crippen LogP contribution in [0.3, 0.4) is 0 Å². The van der Waals surface area contributed by atoms with Gasteiger partial charge < -0.3 is 0 Å². The van der Waals surface area contributed by atoms with Crippen LogP contribution in [0.2, 0.25) is 0 Å². The van der Waals surface area contributed by atoms with Crippen LogP contribution in [0.1, 0.15) is 105 Å². The van der Waals surface area contributed by atoms with Crippen LogP contribution in [0.5, 0.6) is 5.75 Å². The Hall–Kier alpha value is -2.87. The predicted molar refractivity (Wildman–Crippen MR) is 157 cm³/mol. The number of Topliss-reactive ketones (excluding diaryl/α,β-unsaturated/α-hetero) is 1. The Labute approximate surface area is 225 Å². The van der Waals surface area contributed by atoms with Crippen LogP contribution in [-0.2, 0) is 20.7 Å². The maximum Gasteiger partial charge on any atom is 0.186 e. The van der Waals surface area contributed by atoms with Crippen molar-refractivity contribution in [3.63, 3.8) is 0 Å². The summed E-state index contributed by atoms with van der Waals surface area (Å²) < 4.78 is 0. The number of allylic oxidation sites excluding steroid dienone is 5. The molecule has 0 fully saturated rings. The maximum atomic E-state index is 13.7. The predicted octanol–water partition coefficient (Wildman–Crippen LogP) is 9.75. The zero-order chi connectivity index (χ0) is 28.1. The zero-order valence-corrected chi connectivity index (χ0v) is 25.0. The number of benzene rings is 2. The third kappa shape index (κ3) is 6.00. The third-order valence-electron chi connectivity index (χ3n) is 7.05. The lowest BCUT2D eigenvalue weighted by Crippen LogP contribution is -2.28. The van der Waals surface area contributed by atoms with Gasteiger partial charge in [-0.25, -0.2) is 0 Å². The Balaban J connectivity index is 2.56. The third-order valence-corrected chi connectivity index (χ3v) is 7.05. The number of carbonyl (C=O) groups excluding carboxylic acids is 1. The Morgan fingerprint density at radius 1 is 0.568 bits per heavy atom. The topological polar surface area (TPSA) is 37.0 Å². The van der Waals surface area contributed by atoms with Gasteiger partial charge in [-0.2, -0.15) is 0 Å². The van der Waals surface area contributed by atoms with E-state index in [0.29, 0.717) is 0 Å². The summed E-state index contributed by atoms with van der Waals surface area (Å²) in [6, 6.07) is 14.5. The van der Waals surface area contributed by atoms with E-state index in [-0.39, 0.29) is 33.2 Å². The molecule has 1 aliphatic carbocycles. The standard InChI is InChI=1S/C35H45O2/c1-32(2,3)25-18-23(19-26(30(25)36)33(4,5)6)29(22-16-14-13-15-17-22)24-20-27(34(7,8)9)31(37)28(21-24)35(10,11)12/h13-21H,1-12H3. The van der Waals surface area contributed by atoms with Gasteiger partial charge in [-0.1, -0.05) is 113 Å². The minimum atomic E-state index is -0.305. The second kappa shape index (κ2) is 9.46. The average Bonchev–Trinajstić information content (AvgIpc) is 2.73. The highest BCUT2D eigenvalue weighted by Crippen LogP contribution is 2.45. The molecule has 197 valence electrons. The first-order chi connectivity index (χ1) is 16.7. The molecular weight excluding hydrogens is 452 g/mol. The summed E-state index contributed by atoms with van der Waals surface area (Å²) in [6.07, 6.45) is 4.16. The Kier molecular flexibility index (Phi) is 7.34. The van der Waals surface area contributed by atoms with Crippen molar-refractivity contribution >= 4 is 11.4 Å². The molecule has 2 nitrogen and oxygen atoms in total. The summed E-state index contributed by atoms with van der Waals surface area (Å²) in [5, 5.41) is 13.7. The highest BCUT2D eigenvalue weighted by molar-refractivity contribution is 6.12. The van der Waals surface area contributed by atoms with E-state index in [1.807, 2.05) is 18.2 Å². The molecule has 0 N–H and O–H groups in total. The molecule has 0 spiro atoms. The van der Waals surface area contributed by atoms with E-state index < -0.39 is 0 Å². The molecule has 1 aliphatic rings. The molecule has 2 aromatic carbocycles. The fourth-order valence-electron chi connectivity index (χ4n) is 4.88. The first-order valence-electron chi connectivity index (χ1n) is 13.4. The fourth-order valence-corrected chi connectivity index (χ4v) is 4.88. The van der Waals surface area contributed by atoms with E-state index in [1.54, 1.807) is 0 Å². The maximum absolute atomic E-state index is 13.7. The molecule has 0 aliphatic heterocycles. The van der Waals surface area contributed by atoms with Gasteiger partial charge in [-0.15, -0.1) is 0 Å². The highest BCUT2D eigenvalue weighted by Gasteiger charge is 2.35. The molecule has 3 rings (SSSR count). The summed E-state index contributed by atoms with van der Waals surface area (Å²) in [7, 11) is 0. The summed E-state index contributed by atoms with van der Waals surface area (Å²) in [4.78, 5) is 13.7. The fraction of sp³-hybridized carbons (Fsp3) is 0.457. The molecule has 37 heavy (non-hydrogen) atoms. The van der Waals surface area contributed by atoms with E-state index >= 15 is 0 Å². The van der Waals surface area contributed by atoms with Crippen molar-refractivity contribution in [2.24, 2.45) is 10.8 Å². The SMILES string of the molecule is CC(C)(C)C1=CC(=C(c2ccccc2)c2cc(C(C)(C)C)c([O])c(C(C)(C)C)c2)C=C(C(C)(C)C)C1=O. The van der Waals surface area contributed by atoms with Crippen LogP contribution < -0.4 is 0 Å². The van der Waals surface area contributed by atoms with Crippen LogP contribution in [0.15, 0.2) is 71.3 Å². The van der Waals surface area contributed by atoms with E-state index in [9.17, 15) is 9.90 Å². The lowest BCUT2D eigenvalue weighted by Gasteiger charge is -2.32. The molecule has 0 bridgehead atoms. The van der Waals surface area contributed by atoms with Crippen LogP contribution in [-0.4, -0.2) is 5.78 Å². The average molecular weight is 498 g/mol. The van der Waals surface area contributed by atoms with Crippen molar-refractivity contribution in [3.8, 4) is 5.75 Å². The van der Waals surface area contributed by atoms with E-state index in [0.717, 1.165) is 44.5 Å². The van der Waals surface area contributed by atoms with Crippen molar-refractivity contribution in [2.75, 3.05) is 0 Å². The Bertz CT molecular complexity index is 1220. The van der Waals surface area contributed by atoms with Crippen molar-refractivity contribution in [1.82, 2.24) is 0 Å². The highest BCUT2D eigenvalue weighted by atomic mass is 16.3. The van der Waals surface area contributed by atoms with Gasteiger partial charge in [0.2, 0.25) is 0 Å². The molecular formula is C35H45O2. The van der Waals surface area contributed by atoms with Crippen molar-refractivity contribution in [3.05, 3.63) is 93.6 Å². The number of ketones is 1. The van der Waals surface area contributed by atoms with Gasteiger partial charge >= 0.3 is 0 Å². The number of carbonyl (C=O) groups is 1. The van der Waals surface area contributed by atoms with Gasteiger partial charge in [0.1, 0.15) is 0 Å². The molecule has 1 radical (unpaired) electrons. The van der Waals surface area contributed by atoms with Crippen LogP contribution in [0.25, 0.3) is 5.57 Å². The smallest absolute Gasteiger partial charge is 0.186 e. The van der Waals surface area contributed by atoms with Gasteiger partial charge in [0.15, 0.2) is 11.5 Å². The van der Waals surface area contributed by atoms with E-state index in [4.69, 9.17) is 0 Å². The van der Waals surface area contributed by atoms with Gasteiger partial charge in [-0.3, -0.25) is 9.90 Å². The molecule has 0 unspecified atom stereocenters. The molecule has 2 aromatic rings. The zero-order valence-electron chi connectivity index (χ0n) is 25.0. The molecule has 2 heteroatoms.